The van der Waals surface area contributed by atoms with Gasteiger partial charge in [0.2, 0.25) is 17.7 Å². The number of urea groups is 1. The summed E-state index contributed by atoms with van der Waals surface area (Å²) < 4.78 is 15.7. The minimum atomic E-state index is -1.18. The molecule has 540 valence electrons. The normalized spacial score (nSPS) is 20.8. The smallest absolute Gasteiger partial charge is 0.410 e. The number of carboxylic acids is 2. The molecule has 0 radical (unpaired) electrons. The van der Waals surface area contributed by atoms with Gasteiger partial charge in [0.05, 0.1) is 35.0 Å². The number of fused-ring (bicyclic) bond motifs is 2. The first kappa shape index (κ1) is 73.1. The number of thiazole rings is 1. The molecule has 2 unspecified atom stereocenters. The topological polar surface area (TPSA) is 369 Å². The summed E-state index contributed by atoms with van der Waals surface area (Å²) in [4.78, 5) is 143. The number of benzene rings is 3. The van der Waals surface area contributed by atoms with E-state index in [1.54, 1.807) is 56.4 Å². The minimum Gasteiger partial charge on any atom is -0.481 e. The Balaban J connectivity index is 0.691. The standard InChI is InChI=1S/C74H89N13O14S/c1-45(2)62(82-58(88)18-7-6-10-30-86-59(89)25-26-60(86)90)66(95)79-55(16-12-29-76-68(75)98)65(94)78-49-21-19-47(20-22-49)37-100-70(99)84(32-28-61(91)92)33-34-101-74-41-71(4)38-72(5,42-74)40-73(39-71,43-74)44-87-46(3)52(35-77-87)50-23-24-57(81-63(50)67(96)97)85-31-27-48-13-11-14-51(53(48)36-85)64(93)83-69-80-54-15-8-9-17-56(54)102-69/h8-9,11,13-15,17,19-26,35,45,55,62H,6-7,10,12,16,18,27-34,36-44H2,1-5H3,(H,78,94)(H,79,95)(H,82,88)(H,91,92)(H,96,97)(H3,75,76,98)(H,80,83,93)/t55-,62-,71?,72?,73?,74?/m0/s1. The molecule has 9 N–H and O–H groups in total. The van der Waals surface area contributed by atoms with Gasteiger partial charge in [0.25, 0.3) is 17.7 Å². The molecular weight excluding hydrogens is 1330 g/mol. The van der Waals surface area contributed by atoms with Crippen molar-refractivity contribution in [2.45, 2.75) is 162 Å². The summed E-state index contributed by atoms with van der Waals surface area (Å²) in [5.41, 5.74) is 10.2. The molecule has 0 saturated heterocycles. The largest absolute Gasteiger partial charge is 0.481 e. The number of anilines is 3. The number of carbonyl (C=O) groups is 10. The summed E-state index contributed by atoms with van der Waals surface area (Å²) in [5, 5.41) is 39.8. The third-order valence-electron chi connectivity index (χ3n) is 20.2. The van der Waals surface area contributed by atoms with Crippen molar-refractivity contribution < 1.29 is 67.6 Å². The Bertz CT molecular complexity index is 4180. The van der Waals surface area contributed by atoms with E-state index in [2.05, 4.69) is 45.4 Å². The van der Waals surface area contributed by atoms with Crippen molar-refractivity contribution in [2.24, 2.45) is 27.9 Å². The average molecular weight is 1420 g/mol. The fourth-order valence-corrected chi connectivity index (χ4v) is 17.5. The van der Waals surface area contributed by atoms with Gasteiger partial charge in [-0.15, -0.1) is 0 Å². The van der Waals surface area contributed by atoms with Crippen molar-refractivity contribution in [2.75, 3.05) is 54.9 Å². The number of unbranched alkanes of at least 4 members (excludes halogenated alkanes) is 2. The van der Waals surface area contributed by atoms with E-state index in [1.165, 1.54) is 28.4 Å². The first-order valence-electron chi connectivity index (χ1n) is 34.8. The number of hydrogen-bond donors (Lipinski definition) is 8. The quantitative estimate of drug-likeness (QED) is 0.0144. The predicted octanol–water partition coefficient (Wildman–Crippen LogP) is 9.12. The van der Waals surface area contributed by atoms with Crippen LogP contribution in [0.3, 0.4) is 0 Å². The number of hydrogen-bond acceptors (Lipinski definition) is 17. The van der Waals surface area contributed by atoms with Crippen LogP contribution in [0.15, 0.2) is 97.2 Å². The lowest BCUT2D eigenvalue weighted by molar-refractivity contribution is -0.248. The van der Waals surface area contributed by atoms with E-state index < -0.39 is 53.6 Å². The highest BCUT2D eigenvalue weighted by molar-refractivity contribution is 7.22. The molecule has 6 aliphatic rings. The maximum atomic E-state index is 13.9. The van der Waals surface area contributed by atoms with Gasteiger partial charge in [-0.05, 0) is 159 Å². The van der Waals surface area contributed by atoms with E-state index in [9.17, 15) is 58.2 Å². The number of carboxylic acid groups (broad SMARTS) is 2. The Labute approximate surface area is 594 Å². The molecule has 4 atom stereocenters. The zero-order valence-corrected chi connectivity index (χ0v) is 59.0. The summed E-state index contributed by atoms with van der Waals surface area (Å²) in [5.74, 6) is -4.75. The molecular formula is C74H89N13O14S. The Morgan fingerprint density at radius 2 is 1.52 bits per heavy atom. The molecule has 2 aliphatic heterocycles. The molecule has 3 aromatic heterocycles. The second kappa shape index (κ2) is 31.0. The maximum Gasteiger partial charge on any atom is 0.410 e. The van der Waals surface area contributed by atoms with Gasteiger partial charge in [0, 0.05) is 92.5 Å². The number of aromatic carboxylic acids is 1. The van der Waals surface area contributed by atoms with Gasteiger partial charge in [0.1, 0.15) is 24.5 Å². The second-order valence-corrected chi connectivity index (χ2v) is 30.1. The van der Waals surface area contributed by atoms with Crippen LogP contribution in [0, 0.1) is 29.1 Å². The van der Waals surface area contributed by atoms with Gasteiger partial charge < -0.3 is 56.5 Å². The molecule has 6 aromatic rings. The highest BCUT2D eigenvalue weighted by Crippen LogP contribution is 2.72. The van der Waals surface area contributed by atoms with E-state index >= 15 is 0 Å². The Hall–Kier alpha value is -10.1. The van der Waals surface area contributed by atoms with Crippen molar-refractivity contribution in [1.82, 2.24) is 45.5 Å². The van der Waals surface area contributed by atoms with E-state index in [-0.39, 0.29) is 117 Å². The Morgan fingerprint density at radius 1 is 0.775 bits per heavy atom. The van der Waals surface area contributed by atoms with E-state index in [1.807, 2.05) is 59.0 Å². The van der Waals surface area contributed by atoms with Gasteiger partial charge in [-0.1, -0.05) is 81.9 Å². The van der Waals surface area contributed by atoms with Crippen LogP contribution in [0.1, 0.15) is 154 Å². The monoisotopic (exact) mass is 1420 g/mol. The number of nitrogens with two attached hydrogens (primary N) is 1. The molecule has 28 heteroatoms. The predicted molar refractivity (Wildman–Crippen MR) is 380 cm³/mol. The number of aliphatic carboxylic acids is 1. The van der Waals surface area contributed by atoms with Gasteiger partial charge >= 0.3 is 24.1 Å². The fourth-order valence-electron chi connectivity index (χ4n) is 16.7. The molecule has 102 heavy (non-hydrogen) atoms. The van der Waals surface area contributed by atoms with Crippen LogP contribution in [0.4, 0.5) is 26.2 Å². The molecule has 12 rings (SSSR count). The number of carbonyl (C=O) groups excluding carboxylic acids is 8. The lowest BCUT2D eigenvalue weighted by Gasteiger charge is -2.69. The molecule has 4 bridgehead atoms. The van der Waals surface area contributed by atoms with E-state index in [0.717, 1.165) is 70.5 Å². The third-order valence-corrected chi connectivity index (χ3v) is 21.2. The Morgan fingerprint density at radius 3 is 2.23 bits per heavy atom. The van der Waals surface area contributed by atoms with Gasteiger partial charge in [-0.25, -0.2) is 24.4 Å². The van der Waals surface area contributed by atoms with Crippen molar-refractivity contribution >= 4 is 97.7 Å². The molecule has 4 fully saturated rings. The molecule has 4 aliphatic carbocycles. The number of amides is 9. The third kappa shape index (κ3) is 17.4. The number of aromatic nitrogens is 4. The van der Waals surface area contributed by atoms with Crippen LogP contribution in [0.2, 0.25) is 0 Å². The highest BCUT2D eigenvalue weighted by Gasteiger charge is 2.66. The summed E-state index contributed by atoms with van der Waals surface area (Å²) in [6.45, 7) is 11.8. The van der Waals surface area contributed by atoms with Crippen LogP contribution in [-0.2, 0) is 64.4 Å². The number of imide groups is 1. The maximum absolute atomic E-state index is 13.9. The van der Waals surface area contributed by atoms with E-state index in [4.69, 9.17) is 25.3 Å². The number of nitrogens with zero attached hydrogens (tertiary/aromatic N) is 7. The SMILES string of the molecule is Cc1c(-c2ccc(N3CCc4cccc(C(=O)Nc5nc6ccccc6s5)c4C3)nc2C(=O)O)cnn1CC12CC3(C)CC(C)(C1)CC(OCCN(CCC(=O)O)C(=O)OCc1ccc(NC(=O)[C@H](CCCNC(N)=O)NC(=O)[C@@H](NC(=O)CCCCCN4C(=O)C=CC4=O)C(C)C)cc1)(C3)C2. The van der Waals surface area contributed by atoms with Crippen molar-refractivity contribution in [3.8, 4) is 11.1 Å². The fraction of sp³-hybridized carbons (Fsp3) is 0.473. The summed E-state index contributed by atoms with van der Waals surface area (Å²) in [6.07, 6.45) is 10.9. The zero-order valence-electron chi connectivity index (χ0n) is 58.1. The summed E-state index contributed by atoms with van der Waals surface area (Å²) in [7, 11) is 0. The van der Waals surface area contributed by atoms with Crippen molar-refractivity contribution in [3.05, 3.63) is 131 Å². The summed E-state index contributed by atoms with van der Waals surface area (Å²) >= 11 is 1.40. The van der Waals surface area contributed by atoms with Crippen molar-refractivity contribution in [1.29, 1.82) is 0 Å². The average Bonchev–Trinajstić information content (AvgIpc) is 0.790. The summed E-state index contributed by atoms with van der Waals surface area (Å²) in [6, 6.07) is 20.6. The molecule has 0 spiro atoms. The van der Waals surface area contributed by atoms with Crippen LogP contribution in [0.5, 0.6) is 0 Å². The lowest BCUT2D eigenvalue weighted by Crippen LogP contribution is -2.64. The molecule has 5 heterocycles. The van der Waals surface area contributed by atoms with Crippen LogP contribution in [-0.4, -0.2) is 156 Å². The first-order chi connectivity index (χ1) is 48.7. The highest BCUT2D eigenvalue weighted by atomic mass is 32.1. The lowest BCUT2D eigenvalue weighted by atomic mass is 9.39. The number of rotatable bonds is 32. The molecule has 9 amide bonds. The van der Waals surface area contributed by atoms with Gasteiger partial charge in [0.15, 0.2) is 10.8 Å². The molecule has 3 aromatic carbocycles. The van der Waals surface area contributed by atoms with Gasteiger partial charge in [-0.2, -0.15) is 5.10 Å². The van der Waals surface area contributed by atoms with Crippen LogP contribution >= 0.6 is 11.3 Å². The first-order valence-corrected chi connectivity index (χ1v) is 35.6. The van der Waals surface area contributed by atoms with Crippen LogP contribution in [0.25, 0.3) is 21.3 Å². The molecule has 4 saturated carbocycles. The van der Waals surface area contributed by atoms with Crippen molar-refractivity contribution in [3.63, 3.8) is 0 Å². The van der Waals surface area contributed by atoms with Crippen LogP contribution < -0.4 is 37.2 Å². The number of nitrogens with one attached hydrogen (secondary N) is 5. The minimum absolute atomic E-state index is 0.0579. The number of para-hydroxylation sites is 1. The second-order valence-electron chi connectivity index (χ2n) is 29.1. The Kier molecular flexibility index (Phi) is 22.2. The van der Waals surface area contributed by atoms with E-state index in [0.29, 0.717) is 84.2 Å². The number of primary amides is 1. The number of ether oxygens (including phenoxy) is 2. The molecule has 27 nitrogen and oxygen atoms in total. The number of pyridine rings is 1. The zero-order chi connectivity index (χ0) is 72.7. The van der Waals surface area contributed by atoms with Gasteiger partial charge in [-0.3, -0.25) is 48.5 Å².